The second kappa shape index (κ2) is 5.98. The summed E-state index contributed by atoms with van der Waals surface area (Å²) in [4.78, 5) is 12.1. The average Bonchev–Trinajstić information content (AvgIpc) is 2.43. The molecule has 1 radical (unpaired) electrons. The molecule has 1 heterocycles. The Labute approximate surface area is 149 Å². The van der Waals surface area contributed by atoms with Crippen molar-refractivity contribution in [3.8, 4) is 34.3 Å². The van der Waals surface area contributed by atoms with Crippen LogP contribution in [0.1, 0.15) is 0 Å². The molecule has 0 aliphatic heterocycles. The Bertz CT molecular complexity index is 899. The van der Waals surface area contributed by atoms with Crippen molar-refractivity contribution in [3.05, 3.63) is 46.6 Å². The van der Waals surface area contributed by atoms with E-state index in [1.165, 1.54) is 18.2 Å². The van der Waals surface area contributed by atoms with E-state index in [-0.39, 0.29) is 60.9 Å². The van der Waals surface area contributed by atoms with Gasteiger partial charge in [-0.3, -0.25) is 4.79 Å². The van der Waals surface area contributed by atoms with Crippen molar-refractivity contribution in [3.63, 3.8) is 0 Å². The molecular weight excluding hydrogens is 365 g/mol. The molecule has 0 unspecified atom stereocenters. The maximum atomic E-state index is 12.1. The summed E-state index contributed by atoms with van der Waals surface area (Å²) in [7, 11) is 0. The summed E-state index contributed by atoms with van der Waals surface area (Å²) in [5, 5.41) is 38.1. The molecule has 1 aromatic heterocycles. The van der Waals surface area contributed by atoms with Gasteiger partial charge in [0.1, 0.15) is 28.2 Å². The molecule has 3 rings (SSSR count). The van der Waals surface area contributed by atoms with Crippen LogP contribution in [0, 0.1) is 6.07 Å². The van der Waals surface area contributed by atoms with E-state index < -0.39 is 16.9 Å². The van der Waals surface area contributed by atoms with Gasteiger partial charge >= 0.3 is 0 Å². The van der Waals surface area contributed by atoms with Crippen molar-refractivity contribution in [2.45, 2.75) is 0 Å². The fraction of sp³-hybridized carbons (Fsp3) is 0. The van der Waals surface area contributed by atoms with E-state index in [0.29, 0.717) is 5.56 Å². The van der Waals surface area contributed by atoms with Crippen LogP contribution in [0.4, 0.5) is 0 Å². The molecule has 22 heavy (non-hydrogen) atoms. The molecule has 2 aromatic carbocycles. The number of benzene rings is 2. The summed E-state index contributed by atoms with van der Waals surface area (Å²) in [6, 6.07) is 8.72. The number of hydrogen-bond donors (Lipinski definition) is 4. The standard InChI is InChI=1S/C15H9O6.Y/c16-8-3-1-7(2-4-8)15-14(20)13(19)12-10(18)5-9(17)6-11(12)21-15;/h1-3,5-6,16-18,20H;/q-1;. The average molecular weight is 374 g/mol. The maximum absolute atomic E-state index is 12.1. The van der Waals surface area contributed by atoms with Crippen LogP contribution in [0.3, 0.4) is 0 Å². The first-order chi connectivity index (χ1) is 9.97. The van der Waals surface area contributed by atoms with Crippen LogP contribution < -0.4 is 5.43 Å². The SMILES string of the molecule is O=c1c(O)c(-c2c[c-]c(O)cc2)oc2cc(O)cc(O)c12.[Y]. The van der Waals surface area contributed by atoms with Gasteiger partial charge in [0.15, 0.2) is 5.75 Å². The van der Waals surface area contributed by atoms with Crippen molar-refractivity contribution in [1.29, 1.82) is 0 Å². The predicted octanol–water partition coefficient (Wildman–Crippen LogP) is 2.08. The molecule has 0 atom stereocenters. The van der Waals surface area contributed by atoms with E-state index in [2.05, 4.69) is 6.07 Å². The molecule has 0 fully saturated rings. The third-order valence-electron chi connectivity index (χ3n) is 2.99. The zero-order chi connectivity index (χ0) is 15.1. The van der Waals surface area contributed by atoms with E-state index >= 15 is 0 Å². The van der Waals surface area contributed by atoms with Gasteiger partial charge in [0, 0.05) is 50.6 Å². The van der Waals surface area contributed by atoms with Gasteiger partial charge in [-0.1, -0.05) is 5.56 Å². The van der Waals surface area contributed by atoms with E-state index in [0.717, 1.165) is 12.1 Å². The Morgan fingerprint density at radius 1 is 1.05 bits per heavy atom. The third kappa shape index (κ3) is 2.67. The van der Waals surface area contributed by atoms with Crippen molar-refractivity contribution in [2.24, 2.45) is 0 Å². The van der Waals surface area contributed by atoms with Crippen LogP contribution in [0.2, 0.25) is 0 Å². The molecular formula is C15H9O6Y-. The van der Waals surface area contributed by atoms with Crippen LogP contribution in [0.25, 0.3) is 22.3 Å². The van der Waals surface area contributed by atoms with Gasteiger partial charge in [-0.15, -0.1) is 12.1 Å². The van der Waals surface area contributed by atoms with Crippen molar-refractivity contribution in [2.75, 3.05) is 0 Å². The second-order valence-electron chi connectivity index (χ2n) is 4.41. The number of fused-ring (bicyclic) bond motifs is 1. The Morgan fingerprint density at radius 2 is 1.77 bits per heavy atom. The molecule has 3 aromatic rings. The molecule has 0 spiro atoms. The van der Waals surface area contributed by atoms with Crippen molar-refractivity contribution >= 4 is 11.0 Å². The van der Waals surface area contributed by atoms with Crippen molar-refractivity contribution in [1.82, 2.24) is 0 Å². The largest absolute Gasteiger partial charge is 0.534 e. The summed E-state index contributed by atoms with van der Waals surface area (Å²) in [5.41, 5.74) is -0.581. The molecule has 7 heteroatoms. The Hall–Kier alpha value is -2.05. The van der Waals surface area contributed by atoms with Gasteiger partial charge in [-0.25, -0.2) is 0 Å². The van der Waals surface area contributed by atoms with Crippen LogP contribution in [0.15, 0.2) is 39.5 Å². The molecule has 0 saturated heterocycles. The van der Waals surface area contributed by atoms with Crippen LogP contribution >= 0.6 is 0 Å². The molecule has 109 valence electrons. The molecule has 0 aliphatic carbocycles. The second-order valence-corrected chi connectivity index (χ2v) is 4.41. The smallest absolute Gasteiger partial charge is 0.237 e. The minimum absolute atomic E-state index is 0. The van der Waals surface area contributed by atoms with E-state index in [1.54, 1.807) is 0 Å². The van der Waals surface area contributed by atoms with E-state index in [4.69, 9.17) is 4.42 Å². The number of rotatable bonds is 1. The minimum Gasteiger partial charge on any atom is -0.534 e. The Morgan fingerprint density at radius 3 is 2.41 bits per heavy atom. The fourth-order valence-corrected chi connectivity index (χ4v) is 2.03. The van der Waals surface area contributed by atoms with Crippen LogP contribution in [0.5, 0.6) is 23.0 Å². The van der Waals surface area contributed by atoms with Gasteiger partial charge in [-0.2, -0.15) is 12.1 Å². The normalized spacial score (nSPS) is 10.4. The predicted molar refractivity (Wildman–Crippen MR) is 73.4 cm³/mol. The summed E-state index contributed by atoms with van der Waals surface area (Å²) >= 11 is 0. The van der Waals surface area contributed by atoms with Gasteiger partial charge < -0.3 is 24.8 Å². The van der Waals surface area contributed by atoms with Crippen molar-refractivity contribution < 1.29 is 57.6 Å². The quantitative estimate of drug-likeness (QED) is 0.486. The van der Waals surface area contributed by atoms with Gasteiger partial charge in [0.25, 0.3) is 0 Å². The third-order valence-corrected chi connectivity index (χ3v) is 2.99. The minimum atomic E-state index is -0.822. The first kappa shape index (κ1) is 16.3. The van der Waals surface area contributed by atoms with Gasteiger partial charge in [0.05, 0.1) is 0 Å². The first-order valence-corrected chi connectivity index (χ1v) is 5.90. The molecule has 0 saturated carbocycles. The number of phenolic OH excluding ortho intramolecular Hbond substituents is 3. The molecule has 0 bridgehead atoms. The Kier molecular flexibility index (Phi) is 4.44. The van der Waals surface area contributed by atoms with Crippen LogP contribution in [-0.4, -0.2) is 20.4 Å². The first-order valence-electron chi connectivity index (χ1n) is 5.90. The monoisotopic (exact) mass is 374 g/mol. The summed E-state index contributed by atoms with van der Waals surface area (Å²) in [6.07, 6.45) is 0. The fourth-order valence-electron chi connectivity index (χ4n) is 2.03. The molecule has 6 nitrogen and oxygen atoms in total. The zero-order valence-electron chi connectivity index (χ0n) is 11.1. The zero-order valence-corrected chi connectivity index (χ0v) is 13.9. The summed E-state index contributed by atoms with van der Waals surface area (Å²) < 4.78 is 5.39. The number of aromatic hydroxyl groups is 4. The molecule has 0 amide bonds. The summed E-state index contributed by atoms with van der Waals surface area (Å²) in [6.45, 7) is 0. The van der Waals surface area contributed by atoms with Gasteiger partial charge in [-0.05, 0) is 0 Å². The Balaban J connectivity index is 0.00000176. The number of phenols is 3. The van der Waals surface area contributed by atoms with Crippen LogP contribution in [-0.2, 0) is 32.7 Å². The van der Waals surface area contributed by atoms with E-state index in [1.807, 2.05) is 0 Å². The molecule has 0 aliphatic rings. The summed E-state index contributed by atoms with van der Waals surface area (Å²) in [5.74, 6) is -1.69. The topological polar surface area (TPSA) is 111 Å². The maximum Gasteiger partial charge on any atom is 0.237 e. The molecule has 4 N–H and O–H groups in total. The van der Waals surface area contributed by atoms with E-state index in [9.17, 15) is 25.2 Å². The number of hydrogen-bond acceptors (Lipinski definition) is 6. The van der Waals surface area contributed by atoms with Gasteiger partial charge in [0.2, 0.25) is 5.43 Å².